The van der Waals surface area contributed by atoms with Crippen molar-refractivity contribution in [1.82, 2.24) is 5.32 Å². The number of carbonyl (C=O) groups excluding carboxylic acids is 1. The van der Waals surface area contributed by atoms with Crippen LogP contribution in [0.2, 0.25) is 5.02 Å². The molecule has 5 heteroatoms. The summed E-state index contributed by atoms with van der Waals surface area (Å²) >= 11 is 5.94. The van der Waals surface area contributed by atoms with Crippen LogP contribution in [-0.4, -0.2) is 33.2 Å². The maximum atomic E-state index is 12.1. The Morgan fingerprint density at radius 1 is 1.53 bits per heavy atom. The van der Waals surface area contributed by atoms with Gasteiger partial charge in [-0.2, -0.15) is 0 Å². The summed E-state index contributed by atoms with van der Waals surface area (Å²) in [4.78, 5) is 13.7. The monoisotopic (exact) mass is 254 g/mol. The van der Waals surface area contributed by atoms with Gasteiger partial charge in [0.25, 0.3) is 0 Å². The third-order valence-electron chi connectivity index (χ3n) is 2.96. The molecule has 1 aliphatic rings. The molecule has 0 unspecified atom stereocenters. The van der Waals surface area contributed by atoms with E-state index in [2.05, 4.69) is 5.32 Å². The van der Waals surface area contributed by atoms with Gasteiger partial charge in [0.15, 0.2) is 0 Å². The predicted molar refractivity (Wildman–Crippen MR) is 67.8 cm³/mol. The first-order chi connectivity index (χ1) is 8.13. The van der Waals surface area contributed by atoms with Gasteiger partial charge < -0.3 is 15.0 Å². The van der Waals surface area contributed by atoms with Gasteiger partial charge in [-0.3, -0.25) is 4.79 Å². The Morgan fingerprint density at radius 3 is 2.76 bits per heavy atom. The van der Waals surface area contributed by atoms with Crippen LogP contribution in [0, 0.1) is 5.92 Å². The molecule has 1 aromatic carbocycles. The summed E-state index contributed by atoms with van der Waals surface area (Å²) in [5.74, 6) is 0.797. The second kappa shape index (κ2) is 4.94. The molecule has 1 amide bonds. The number of anilines is 1. The van der Waals surface area contributed by atoms with E-state index in [4.69, 9.17) is 16.3 Å². The Balaban J connectivity index is 2.25. The molecule has 2 rings (SSSR count). The van der Waals surface area contributed by atoms with E-state index < -0.39 is 0 Å². The fourth-order valence-electron chi connectivity index (χ4n) is 1.78. The highest BCUT2D eigenvalue weighted by Gasteiger charge is 2.29. The molecule has 4 nitrogen and oxygen atoms in total. The highest BCUT2D eigenvalue weighted by atomic mass is 35.5. The minimum Gasteiger partial charge on any atom is -0.495 e. The molecule has 1 saturated heterocycles. The summed E-state index contributed by atoms with van der Waals surface area (Å²) in [6.07, 6.45) is 0. The molecule has 0 saturated carbocycles. The number of methoxy groups -OCH3 is 1. The lowest BCUT2D eigenvalue weighted by atomic mass is 10.0. The van der Waals surface area contributed by atoms with Crippen LogP contribution in [0.3, 0.4) is 0 Å². The number of hydrogen-bond donors (Lipinski definition) is 1. The molecule has 1 aromatic rings. The minimum absolute atomic E-state index is 0.0590. The Bertz CT molecular complexity index is 433. The maximum Gasteiger partial charge on any atom is 0.232 e. The van der Waals surface area contributed by atoms with Crippen molar-refractivity contribution in [3.8, 4) is 5.75 Å². The van der Waals surface area contributed by atoms with E-state index >= 15 is 0 Å². The second-order valence-electron chi connectivity index (χ2n) is 4.07. The van der Waals surface area contributed by atoms with Gasteiger partial charge in [0.2, 0.25) is 5.91 Å². The molecule has 0 radical (unpaired) electrons. The first-order valence-electron chi connectivity index (χ1n) is 5.45. The van der Waals surface area contributed by atoms with Crippen LogP contribution in [0.5, 0.6) is 5.75 Å². The third-order valence-corrected chi connectivity index (χ3v) is 3.20. The quantitative estimate of drug-likeness (QED) is 0.890. The summed E-state index contributed by atoms with van der Waals surface area (Å²) in [6, 6.07) is 5.25. The number of ether oxygens (including phenoxy) is 1. The highest BCUT2D eigenvalue weighted by Crippen LogP contribution is 2.31. The maximum absolute atomic E-state index is 12.1. The lowest BCUT2D eigenvalue weighted by molar-refractivity contribution is -0.123. The van der Waals surface area contributed by atoms with Gasteiger partial charge >= 0.3 is 0 Å². The first-order valence-corrected chi connectivity index (χ1v) is 5.83. The summed E-state index contributed by atoms with van der Waals surface area (Å²) in [6.45, 7) is 1.48. The number of nitrogens with one attached hydrogen (secondary N) is 1. The van der Waals surface area contributed by atoms with Crippen LogP contribution in [0.15, 0.2) is 18.2 Å². The Kier molecular flexibility index (Phi) is 3.54. The molecule has 17 heavy (non-hydrogen) atoms. The van der Waals surface area contributed by atoms with Crippen molar-refractivity contribution in [1.29, 1.82) is 0 Å². The van der Waals surface area contributed by atoms with Crippen molar-refractivity contribution in [2.24, 2.45) is 5.92 Å². The molecule has 0 aliphatic carbocycles. The number of benzene rings is 1. The number of halogens is 1. The van der Waals surface area contributed by atoms with E-state index in [0.717, 1.165) is 13.1 Å². The zero-order valence-corrected chi connectivity index (χ0v) is 10.6. The molecule has 0 spiro atoms. The molecule has 1 aliphatic heterocycles. The highest BCUT2D eigenvalue weighted by molar-refractivity contribution is 6.31. The Morgan fingerprint density at radius 2 is 2.24 bits per heavy atom. The Labute approximate surface area is 106 Å². The SMILES string of the molecule is COc1ccc(Cl)cc1N(C)C(=O)C1CNC1. The normalized spacial score (nSPS) is 15.2. The van der Waals surface area contributed by atoms with Gasteiger partial charge in [-0.05, 0) is 18.2 Å². The van der Waals surface area contributed by atoms with Crippen molar-refractivity contribution in [2.75, 3.05) is 32.1 Å². The molecule has 92 valence electrons. The van der Waals surface area contributed by atoms with Crippen molar-refractivity contribution >= 4 is 23.2 Å². The minimum atomic E-state index is 0.0590. The van der Waals surface area contributed by atoms with E-state index in [9.17, 15) is 4.79 Å². The lowest BCUT2D eigenvalue weighted by Gasteiger charge is -2.30. The van der Waals surface area contributed by atoms with Crippen molar-refractivity contribution < 1.29 is 9.53 Å². The number of hydrogen-bond acceptors (Lipinski definition) is 3. The third kappa shape index (κ3) is 2.37. The molecular weight excluding hydrogens is 240 g/mol. The van der Waals surface area contributed by atoms with Crippen LogP contribution in [0.1, 0.15) is 0 Å². The van der Waals surface area contributed by atoms with Crippen LogP contribution >= 0.6 is 11.6 Å². The molecule has 0 aromatic heterocycles. The summed E-state index contributed by atoms with van der Waals surface area (Å²) in [7, 11) is 3.32. The van der Waals surface area contributed by atoms with Crippen molar-refractivity contribution in [3.63, 3.8) is 0 Å². The molecule has 0 bridgehead atoms. The fourth-order valence-corrected chi connectivity index (χ4v) is 1.95. The summed E-state index contributed by atoms with van der Waals surface area (Å²) in [5.41, 5.74) is 0.705. The van der Waals surface area contributed by atoms with Crippen molar-refractivity contribution in [2.45, 2.75) is 0 Å². The van der Waals surface area contributed by atoms with Crippen LogP contribution < -0.4 is 15.0 Å². The van der Waals surface area contributed by atoms with E-state index in [-0.39, 0.29) is 11.8 Å². The Hall–Kier alpha value is -1.26. The van der Waals surface area contributed by atoms with Crippen LogP contribution in [-0.2, 0) is 4.79 Å². The van der Waals surface area contributed by atoms with E-state index in [1.165, 1.54) is 0 Å². The predicted octanol–water partition coefficient (Wildman–Crippen LogP) is 1.53. The standard InChI is InChI=1S/C12H15ClN2O2/c1-15(12(16)8-6-14-7-8)10-5-9(13)3-4-11(10)17-2/h3-5,8,14H,6-7H2,1-2H3. The number of amides is 1. The molecule has 1 fully saturated rings. The molecule has 1 N–H and O–H groups in total. The average Bonchev–Trinajstić information content (AvgIpc) is 2.25. The molecular formula is C12H15ClN2O2. The van der Waals surface area contributed by atoms with E-state index in [1.54, 1.807) is 37.3 Å². The topological polar surface area (TPSA) is 41.6 Å². The lowest BCUT2D eigenvalue weighted by Crippen LogP contribution is -2.51. The van der Waals surface area contributed by atoms with Gasteiger partial charge in [-0.15, -0.1) is 0 Å². The number of carbonyl (C=O) groups is 1. The first kappa shape index (κ1) is 12.2. The van der Waals surface area contributed by atoms with Gasteiger partial charge in [-0.1, -0.05) is 11.6 Å². The number of nitrogens with zero attached hydrogens (tertiary/aromatic N) is 1. The second-order valence-corrected chi connectivity index (χ2v) is 4.51. The smallest absolute Gasteiger partial charge is 0.232 e. The summed E-state index contributed by atoms with van der Waals surface area (Å²) < 4.78 is 5.23. The van der Waals surface area contributed by atoms with Crippen LogP contribution in [0.4, 0.5) is 5.69 Å². The van der Waals surface area contributed by atoms with Gasteiger partial charge in [0, 0.05) is 25.2 Å². The van der Waals surface area contributed by atoms with Crippen LogP contribution in [0.25, 0.3) is 0 Å². The van der Waals surface area contributed by atoms with E-state index in [1.807, 2.05) is 0 Å². The van der Waals surface area contributed by atoms with Gasteiger partial charge in [0.1, 0.15) is 5.75 Å². The fraction of sp³-hybridized carbons (Fsp3) is 0.417. The molecule has 1 heterocycles. The van der Waals surface area contributed by atoms with Gasteiger partial charge in [0.05, 0.1) is 18.7 Å². The summed E-state index contributed by atoms with van der Waals surface area (Å²) in [5, 5.41) is 3.67. The molecule has 0 atom stereocenters. The number of rotatable bonds is 3. The van der Waals surface area contributed by atoms with Crippen molar-refractivity contribution in [3.05, 3.63) is 23.2 Å². The van der Waals surface area contributed by atoms with Gasteiger partial charge in [-0.25, -0.2) is 0 Å². The largest absolute Gasteiger partial charge is 0.495 e. The van der Waals surface area contributed by atoms with E-state index in [0.29, 0.717) is 16.5 Å². The zero-order chi connectivity index (χ0) is 12.4. The zero-order valence-electron chi connectivity index (χ0n) is 9.87. The average molecular weight is 255 g/mol.